The second kappa shape index (κ2) is 9.20. The first kappa shape index (κ1) is 21.9. The Balaban J connectivity index is 0.000000409. The van der Waals surface area contributed by atoms with Gasteiger partial charge in [-0.2, -0.15) is 25.6 Å². The predicted molar refractivity (Wildman–Crippen MR) is 110 cm³/mol. The summed E-state index contributed by atoms with van der Waals surface area (Å²) in [5.74, 6) is -0.685. The second-order valence-corrected chi connectivity index (χ2v) is 7.33. The number of hydrogen-bond donors (Lipinski definition) is 4. The van der Waals surface area contributed by atoms with Gasteiger partial charge < -0.3 is 10.4 Å². The van der Waals surface area contributed by atoms with Crippen LogP contribution in [0, 0.1) is 0 Å². The van der Waals surface area contributed by atoms with Crippen LogP contribution < -0.4 is 9.88 Å². The third-order valence-electron chi connectivity index (χ3n) is 4.08. The molecule has 0 aliphatic carbocycles. The molecule has 8 nitrogen and oxygen atoms in total. The minimum atomic E-state index is -4.16. The third-order valence-corrected chi connectivity index (χ3v) is 4.87. The number of carbonyl (C=O) groups is 1. The summed E-state index contributed by atoms with van der Waals surface area (Å²) in [6, 6.07) is 15.2. The monoisotopic (exact) mass is 425 g/mol. The molecule has 0 bridgehead atoms. The van der Waals surface area contributed by atoms with Gasteiger partial charge in [0.05, 0.1) is 23.6 Å². The Morgan fingerprint density at radius 3 is 1.93 bits per heavy atom. The molecule has 0 spiro atoms. The Kier molecular flexibility index (Phi) is 7.19. The molecule has 0 aliphatic rings. The molecule has 1 aromatic heterocycles. The number of rotatable bonds is 5. The van der Waals surface area contributed by atoms with Crippen molar-refractivity contribution in [2.75, 3.05) is 18.2 Å². The fraction of sp³-hybridized carbons (Fsp3) is 0.222. The van der Waals surface area contributed by atoms with Crippen LogP contribution in [0.3, 0.4) is 0 Å². The average molecular weight is 426 g/mol. The molecule has 2 aromatic carbocycles. The maximum atomic E-state index is 11.4. The molecule has 1 atom stereocenters. The van der Waals surface area contributed by atoms with Crippen LogP contribution in [0.25, 0.3) is 21.8 Å². The van der Waals surface area contributed by atoms with Gasteiger partial charge in [0.2, 0.25) is 11.0 Å². The molecule has 0 amide bonds. The van der Waals surface area contributed by atoms with Gasteiger partial charge in [0.15, 0.2) is 0 Å². The normalized spacial score (nSPS) is 12.3. The average Bonchev–Trinajstić information content (AvgIpc) is 2.68. The van der Waals surface area contributed by atoms with Gasteiger partial charge in [-0.25, -0.2) is 4.79 Å². The lowest BCUT2D eigenvalue weighted by Crippen LogP contribution is -2.34. The van der Waals surface area contributed by atoms with Crippen LogP contribution >= 0.6 is 12.6 Å². The van der Waals surface area contributed by atoms with E-state index in [-0.39, 0.29) is 5.75 Å². The molecule has 0 saturated heterocycles. The van der Waals surface area contributed by atoms with E-state index in [1.807, 2.05) is 55.6 Å². The highest BCUT2D eigenvalue weighted by Gasteiger charge is 2.22. The van der Waals surface area contributed by atoms with E-state index in [4.69, 9.17) is 4.55 Å². The molecule has 3 rings (SSSR count). The topological polar surface area (TPSA) is 117 Å². The summed E-state index contributed by atoms with van der Waals surface area (Å²) in [6.45, 7) is 0. The highest BCUT2D eigenvalue weighted by atomic mass is 32.3. The fourth-order valence-corrected chi connectivity index (χ4v) is 2.99. The van der Waals surface area contributed by atoms with Crippen molar-refractivity contribution in [1.82, 2.24) is 0 Å². The molecule has 0 saturated carbocycles. The number of anilines is 1. The van der Waals surface area contributed by atoms with Crippen LogP contribution in [-0.2, 0) is 26.4 Å². The Morgan fingerprint density at radius 1 is 1.14 bits per heavy atom. The minimum Gasteiger partial charge on any atom is -0.480 e. The number of thiol groups is 1. The van der Waals surface area contributed by atoms with Crippen LogP contribution in [0.2, 0.25) is 0 Å². The largest absolute Gasteiger partial charge is 0.480 e. The summed E-state index contributed by atoms with van der Waals surface area (Å²) in [5, 5.41) is 14.5. The number of nitrogens with one attached hydrogen (secondary N) is 1. The van der Waals surface area contributed by atoms with E-state index in [9.17, 15) is 18.3 Å². The summed E-state index contributed by atoms with van der Waals surface area (Å²) in [6.07, 6.45) is 0. The minimum absolute atomic E-state index is 0.221. The number of pyridine rings is 1. The van der Waals surface area contributed by atoms with Crippen LogP contribution in [0.1, 0.15) is 0 Å². The van der Waals surface area contributed by atoms with Crippen molar-refractivity contribution in [3.05, 3.63) is 48.5 Å². The van der Waals surface area contributed by atoms with Crippen molar-refractivity contribution < 1.29 is 31.6 Å². The molecule has 150 valence electrons. The van der Waals surface area contributed by atoms with Gasteiger partial charge in [-0.15, -0.1) is 0 Å². The number of para-hydroxylation sites is 2. The standard InChI is InChI=1S/C17H16N2O2S.CH4O4S/c1-19-14-8-4-2-6-11(14)16(18-13(10-22)17(20)21)12-7-3-5-9-15(12)19;1-5-6(2,3)4/h2-9,13H,10H2,1H3,(H2,20,21,22);1H3,(H,2,3,4)/p+1. The van der Waals surface area contributed by atoms with Crippen LogP contribution in [0.4, 0.5) is 5.69 Å². The van der Waals surface area contributed by atoms with Crippen molar-refractivity contribution in [2.24, 2.45) is 7.05 Å². The van der Waals surface area contributed by atoms with Crippen molar-refractivity contribution in [3.63, 3.8) is 0 Å². The van der Waals surface area contributed by atoms with E-state index in [1.54, 1.807) is 0 Å². The van der Waals surface area contributed by atoms with Crippen LogP contribution in [-0.4, -0.2) is 43.0 Å². The van der Waals surface area contributed by atoms with Crippen molar-refractivity contribution in [3.8, 4) is 0 Å². The summed E-state index contributed by atoms with van der Waals surface area (Å²) in [5.41, 5.74) is 2.93. The molecule has 3 aromatic rings. The van der Waals surface area contributed by atoms with Gasteiger partial charge in [0, 0.05) is 17.9 Å². The van der Waals surface area contributed by atoms with E-state index < -0.39 is 22.4 Å². The van der Waals surface area contributed by atoms with Crippen LogP contribution in [0.15, 0.2) is 48.5 Å². The zero-order valence-corrected chi connectivity index (χ0v) is 16.9. The molecule has 28 heavy (non-hydrogen) atoms. The molecule has 0 aliphatic heterocycles. The SMILES string of the molecule is COS(=O)(=O)O.C[n+]1c2ccccc2c(NC(CS)C(=O)O)c2ccccc21. The quantitative estimate of drug-likeness (QED) is 0.214. The van der Waals surface area contributed by atoms with Crippen molar-refractivity contribution in [2.45, 2.75) is 6.04 Å². The molecule has 1 unspecified atom stereocenters. The van der Waals surface area contributed by atoms with Gasteiger partial charge >= 0.3 is 16.4 Å². The van der Waals surface area contributed by atoms with Gasteiger partial charge in [-0.1, -0.05) is 24.3 Å². The summed E-state index contributed by atoms with van der Waals surface area (Å²) in [7, 11) is -1.28. The number of carboxylic acid groups (broad SMARTS) is 1. The number of benzene rings is 2. The van der Waals surface area contributed by atoms with Crippen molar-refractivity contribution >= 4 is 56.5 Å². The Hall–Kier alpha value is -2.40. The second-order valence-electron chi connectivity index (χ2n) is 5.78. The van der Waals surface area contributed by atoms with E-state index >= 15 is 0 Å². The Bertz CT molecular complexity index is 1040. The first-order valence-corrected chi connectivity index (χ1v) is 10.1. The molecule has 3 N–H and O–H groups in total. The Morgan fingerprint density at radius 2 is 1.57 bits per heavy atom. The third kappa shape index (κ3) is 5.10. The maximum absolute atomic E-state index is 11.4. The van der Waals surface area contributed by atoms with Gasteiger partial charge in [0.1, 0.15) is 13.1 Å². The molecular formula is C18H21N2O6S2+. The van der Waals surface area contributed by atoms with E-state index in [0.29, 0.717) is 0 Å². The van der Waals surface area contributed by atoms with E-state index in [1.165, 1.54) is 0 Å². The van der Waals surface area contributed by atoms with Crippen molar-refractivity contribution in [1.29, 1.82) is 0 Å². The smallest absolute Gasteiger partial charge is 0.397 e. The number of fused-ring (bicyclic) bond motifs is 2. The van der Waals surface area contributed by atoms with Gasteiger partial charge in [-0.3, -0.25) is 8.74 Å². The van der Waals surface area contributed by atoms with Crippen LogP contribution in [0.5, 0.6) is 0 Å². The van der Waals surface area contributed by atoms with E-state index in [0.717, 1.165) is 34.6 Å². The first-order valence-electron chi connectivity index (χ1n) is 8.12. The van der Waals surface area contributed by atoms with Gasteiger partial charge in [0.25, 0.3) is 0 Å². The molecule has 0 fully saturated rings. The number of carboxylic acids is 1. The summed E-state index contributed by atoms with van der Waals surface area (Å²) in [4.78, 5) is 11.4. The fourth-order valence-electron chi connectivity index (χ4n) is 2.75. The zero-order valence-electron chi connectivity index (χ0n) is 15.2. The van der Waals surface area contributed by atoms with E-state index in [2.05, 4.69) is 26.7 Å². The maximum Gasteiger partial charge on any atom is 0.397 e. The highest BCUT2D eigenvalue weighted by molar-refractivity contribution is 7.80. The lowest BCUT2D eigenvalue weighted by molar-refractivity contribution is -0.617. The molecule has 0 radical (unpaired) electrons. The molecular weight excluding hydrogens is 404 g/mol. The zero-order chi connectivity index (χ0) is 20.9. The predicted octanol–water partition coefficient (Wildman–Crippen LogP) is 2.05. The number of aromatic nitrogens is 1. The lowest BCUT2D eigenvalue weighted by atomic mass is 10.1. The highest BCUT2D eigenvalue weighted by Crippen LogP contribution is 2.30. The number of aryl methyl sites for hydroxylation is 1. The molecule has 1 heterocycles. The Labute approximate surface area is 168 Å². The molecule has 10 heteroatoms. The first-order chi connectivity index (χ1) is 13.2. The number of nitrogens with zero attached hydrogens (tertiary/aromatic N) is 1. The summed E-state index contributed by atoms with van der Waals surface area (Å²) >= 11 is 4.15. The lowest BCUT2D eigenvalue weighted by Gasteiger charge is -2.16. The number of hydrogen-bond acceptors (Lipinski definition) is 6. The van der Waals surface area contributed by atoms with Gasteiger partial charge in [-0.05, 0) is 12.1 Å². The number of aliphatic carboxylic acids is 1. The summed E-state index contributed by atoms with van der Waals surface area (Å²) < 4.78 is 31.8.